The Kier molecular flexibility index (Phi) is 15.3. The van der Waals surface area contributed by atoms with Gasteiger partial charge in [-0.1, -0.05) is 100 Å². The van der Waals surface area contributed by atoms with Crippen molar-refractivity contribution < 1.29 is 28.8 Å². The van der Waals surface area contributed by atoms with Crippen LogP contribution in [0.2, 0.25) is 0 Å². The molecule has 0 radical (unpaired) electrons. The molecule has 6 amide bonds. The van der Waals surface area contributed by atoms with E-state index in [2.05, 4.69) is 20.9 Å². The fraction of sp³-hybridized carbons (Fsp3) is 0.556. The number of carbonyl (C=O) groups is 6. The highest BCUT2D eigenvalue weighted by Gasteiger charge is 2.46. The smallest absolute Gasteiger partial charge is 0.252 e. The number of rotatable bonds is 13. The number of unbranched alkanes of at least 4 members (excludes halogenated alkanes) is 1. The van der Waals surface area contributed by atoms with Gasteiger partial charge >= 0.3 is 0 Å². The van der Waals surface area contributed by atoms with Gasteiger partial charge in [-0.25, -0.2) is 0 Å². The van der Waals surface area contributed by atoms with Crippen molar-refractivity contribution in [2.24, 2.45) is 17.4 Å². The first-order chi connectivity index (χ1) is 28.6. The second kappa shape index (κ2) is 20.7. The van der Waals surface area contributed by atoms with E-state index in [1.807, 2.05) is 61.5 Å². The summed E-state index contributed by atoms with van der Waals surface area (Å²) in [7, 11) is 0. The molecule has 8 N–H and O–H groups in total. The Labute approximate surface area is 346 Å². The minimum atomic E-state index is -1.33. The number of nitrogens with one attached hydrogen (secondary N) is 4. The van der Waals surface area contributed by atoms with Gasteiger partial charge < -0.3 is 37.3 Å². The number of aromatic amines is 1. The molecule has 3 heterocycles. The number of nitrogens with two attached hydrogens (primary N) is 2. The number of benzene rings is 2. The van der Waals surface area contributed by atoms with E-state index < -0.39 is 71.7 Å². The van der Waals surface area contributed by atoms with E-state index in [-0.39, 0.29) is 44.7 Å². The fourth-order valence-corrected chi connectivity index (χ4v) is 9.08. The van der Waals surface area contributed by atoms with Crippen LogP contribution in [0.15, 0.2) is 60.8 Å². The molecule has 2 aromatic carbocycles. The summed E-state index contributed by atoms with van der Waals surface area (Å²) in [6.45, 7) is 2.36. The van der Waals surface area contributed by atoms with Gasteiger partial charge in [0.25, 0.3) is 5.91 Å². The van der Waals surface area contributed by atoms with Gasteiger partial charge in [-0.3, -0.25) is 33.7 Å². The molecule has 3 aromatic rings. The highest BCUT2D eigenvalue weighted by atomic mass is 16.2. The Bertz CT molecular complexity index is 1930. The molecule has 1 saturated carbocycles. The monoisotopic (exact) mass is 810 g/mol. The number of para-hydroxylation sites is 1. The predicted molar refractivity (Wildman–Crippen MR) is 225 cm³/mol. The third-order valence-electron chi connectivity index (χ3n) is 12.3. The number of aromatic nitrogens is 1. The van der Waals surface area contributed by atoms with Gasteiger partial charge in [-0.2, -0.15) is 0 Å². The lowest BCUT2D eigenvalue weighted by molar-refractivity contribution is -0.158. The number of imide groups is 1. The van der Waals surface area contributed by atoms with E-state index in [4.69, 9.17) is 11.5 Å². The molecule has 6 rings (SSSR count). The molecule has 2 aliphatic heterocycles. The zero-order valence-corrected chi connectivity index (χ0v) is 34.3. The van der Waals surface area contributed by atoms with Crippen molar-refractivity contribution in [3.05, 3.63) is 71.9 Å². The van der Waals surface area contributed by atoms with Gasteiger partial charge in [0.15, 0.2) is 0 Å². The second-order valence-electron chi connectivity index (χ2n) is 16.6. The molecule has 3 aliphatic rings. The second-order valence-corrected chi connectivity index (χ2v) is 16.6. The largest absolute Gasteiger partial charge is 0.361 e. The maximum atomic E-state index is 15.1. The lowest BCUT2D eigenvalue weighted by Crippen LogP contribution is -2.63. The van der Waals surface area contributed by atoms with E-state index in [0.29, 0.717) is 38.5 Å². The highest BCUT2D eigenvalue weighted by Crippen LogP contribution is 2.29. The molecule has 14 nitrogen and oxygen atoms in total. The SMILES string of the molecule is CCCC[C@@H]1NC(=O)[C@H](Cc2c[nH]c3ccccc23)NC(=O)[C@H](CC2CCCCC2)NC(=O)[C@@H]2CCCN2C(=O)[C@H](CCCN)N(C(=O)[C@H](N)Cc2ccccc2)C1=O. The fourth-order valence-electron chi connectivity index (χ4n) is 9.08. The van der Waals surface area contributed by atoms with E-state index >= 15 is 4.79 Å². The quantitative estimate of drug-likeness (QED) is 0.150. The summed E-state index contributed by atoms with van der Waals surface area (Å²) < 4.78 is 0. The van der Waals surface area contributed by atoms with Crippen LogP contribution >= 0.6 is 0 Å². The van der Waals surface area contributed by atoms with Crippen LogP contribution < -0.4 is 27.4 Å². The van der Waals surface area contributed by atoms with Crippen molar-refractivity contribution in [1.82, 2.24) is 30.7 Å². The van der Waals surface area contributed by atoms with Gasteiger partial charge in [0.05, 0.1) is 6.04 Å². The van der Waals surface area contributed by atoms with Crippen LogP contribution in [0.3, 0.4) is 0 Å². The van der Waals surface area contributed by atoms with E-state index in [1.54, 1.807) is 6.20 Å². The first-order valence-electron chi connectivity index (χ1n) is 21.7. The van der Waals surface area contributed by atoms with Crippen molar-refractivity contribution >= 4 is 46.3 Å². The summed E-state index contributed by atoms with van der Waals surface area (Å²) in [6.07, 6.45) is 9.97. The zero-order chi connectivity index (χ0) is 41.9. The van der Waals surface area contributed by atoms with Crippen LogP contribution in [-0.2, 0) is 41.6 Å². The van der Waals surface area contributed by atoms with Gasteiger partial charge in [-0.15, -0.1) is 0 Å². The van der Waals surface area contributed by atoms with Crippen LogP contribution in [-0.4, -0.2) is 99.6 Å². The Morgan fingerprint density at radius 3 is 2.22 bits per heavy atom. The average Bonchev–Trinajstić information content (AvgIpc) is 3.91. The average molecular weight is 811 g/mol. The summed E-state index contributed by atoms with van der Waals surface area (Å²) in [5, 5.41) is 9.81. The zero-order valence-electron chi connectivity index (χ0n) is 34.3. The Morgan fingerprint density at radius 2 is 1.47 bits per heavy atom. The van der Waals surface area contributed by atoms with Crippen molar-refractivity contribution in [1.29, 1.82) is 0 Å². The molecule has 0 spiro atoms. The van der Waals surface area contributed by atoms with Gasteiger partial charge in [0.2, 0.25) is 29.5 Å². The van der Waals surface area contributed by atoms with Crippen LogP contribution in [0, 0.1) is 5.92 Å². The first-order valence-corrected chi connectivity index (χ1v) is 21.7. The van der Waals surface area contributed by atoms with E-state index in [9.17, 15) is 24.0 Å². The number of amides is 6. The maximum absolute atomic E-state index is 15.1. The highest BCUT2D eigenvalue weighted by molar-refractivity contribution is 6.06. The number of hydrogen-bond acceptors (Lipinski definition) is 8. The van der Waals surface area contributed by atoms with Crippen LogP contribution in [0.5, 0.6) is 0 Å². The lowest BCUT2D eigenvalue weighted by atomic mass is 9.84. The molecule has 3 fully saturated rings. The lowest BCUT2D eigenvalue weighted by Gasteiger charge is -2.37. The number of fused-ring (bicyclic) bond motifs is 2. The summed E-state index contributed by atoms with van der Waals surface area (Å²) in [5.41, 5.74) is 15.0. The van der Waals surface area contributed by atoms with Crippen LogP contribution in [0.4, 0.5) is 0 Å². The summed E-state index contributed by atoms with van der Waals surface area (Å²) in [5.74, 6) is -3.50. The molecular formula is C45H62N8O6. The molecule has 1 aromatic heterocycles. The van der Waals surface area contributed by atoms with Crippen molar-refractivity contribution in [3.63, 3.8) is 0 Å². The topological polar surface area (TPSA) is 213 Å². The molecule has 59 heavy (non-hydrogen) atoms. The minimum Gasteiger partial charge on any atom is -0.361 e. The predicted octanol–water partition coefficient (Wildman–Crippen LogP) is 3.36. The van der Waals surface area contributed by atoms with Crippen molar-refractivity contribution in [2.45, 2.75) is 139 Å². The van der Waals surface area contributed by atoms with E-state index in [1.165, 1.54) is 4.90 Å². The molecular weight excluding hydrogens is 749 g/mol. The third kappa shape index (κ3) is 10.8. The molecule has 6 atom stereocenters. The minimum absolute atomic E-state index is 0.0394. The normalized spacial score (nSPS) is 24.5. The summed E-state index contributed by atoms with van der Waals surface area (Å²) >= 11 is 0. The van der Waals surface area contributed by atoms with Crippen molar-refractivity contribution in [2.75, 3.05) is 13.1 Å². The number of carbonyl (C=O) groups excluding carboxylic acids is 6. The van der Waals surface area contributed by atoms with Crippen molar-refractivity contribution in [3.8, 4) is 0 Å². The van der Waals surface area contributed by atoms with Crippen LogP contribution in [0.1, 0.15) is 102 Å². The number of H-pyrrole nitrogens is 1. The molecule has 0 bridgehead atoms. The standard InChI is InChI=1S/C45H62N8O6/c1-2-3-19-35-44(58)53(43(57)33(47)25-29-14-6-4-7-15-29)39(21-12-23-46)45(59)52-24-13-22-38(52)42(56)51-36(26-30-16-8-5-9-17-30)40(54)50-37(41(55)49-35)27-31-28-48-34-20-11-10-18-32(31)34/h4,6-7,10-11,14-15,18,20,28,30,33,35-39,48H,2-3,5,8-9,12-13,16-17,19,21-27,46-47H2,1H3,(H,49,55)(H,50,54)(H,51,56)/t33-,35+,36+,37+,38+,39+/m1/s1. The summed E-state index contributed by atoms with van der Waals surface area (Å²) in [4.78, 5) is 93.8. The molecule has 14 heteroatoms. The molecule has 2 saturated heterocycles. The molecule has 0 unspecified atom stereocenters. The third-order valence-corrected chi connectivity index (χ3v) is 12.3. The van der Waals surface area contributed by atoms with Crippen LogP contribution in [0.25, 0.3) is 10.9 Å². The first kappa shape index (κ1) is 43.5. The number of hydrogen-bond donors (Lipinski definition) is 6. The molecule has 1 aliphatic carbocycles. The Morgan fingerprint density at radius 1 is 0.780 bits per heavy atom. The van der Waals surface area contributed by atoms with E-state index in [0.717, 1.165) is 59.0 Å². The summed E-state index contributed by atoms with van der Waals surface area (Å²) in [6, 6.07) is 10.00. The maximum Gasteiger partial charge on any atom is 0.252 e. The van der Waals surface area contributed by atoms with Gasteiger partial charge in [0.1, 0.15) is 30.2 Å². The molecule has 318 valence electrons. The van der Waals surface area contributed by atoms with Gasteiger partial charge in [0, 0.05) is 30.1 Å². The Balaban J connectivity index is 1.44. The number of nitrogens with zero attached hydrogens (tertiary/aromatic N) is 2. The van der Waals surface area contributed by atoms with Gasteiger partial charge in [-0.05, 0) is 74.6 Å². The Hall–Kier alpha value is -5.08.